The van der Waals surface area contributed by atoms with Crippen molar-refractivity contribution >= 4 is 23.3 Å². The van der Waals surface area contributed by atoms with Crippen molar-refractivity contribution in [2.75, 3.05) is 5.32 Å². The van der Waals surface area contributed by atoms with Gasteiger partial charge >= 0.3 is 0 Å². The fraction of sp³-hybridized carbons (Fsp3) is 0.182. The Kier molecular flexibility index (Phi) is 5.37. The van der Waals surface area contributed by atoms with E-state index in [2.05, 4.69) is 25.6 Å². The summed E-state index contributed by atoms with van der Waals surface area (Å²) in [5.74, 6) is 0.375. The summed E-state index contributed by atoms with van der Waals surface area (Å²) < 4.78 is 1.83. The van der Waals surface area contributed by atoms with Gasteiger partial charge < -0.3 is 5.32 Å². The Morgan fingerprint density at radius 2 is 1.80 bits per heavy atom. The number of carbonyl (C=O) groups is 1. The number of hydrogen-bond donors (Lipinski definition) is 2. The highest BCUT2D eigenvalue weighted by molar-refractivity contribution is 6.30. The van der Waals surface area contributed by atoms with Crippen LogP contribution in [0, 0.1) is 20.8 Å². The molecule has 7 nitrogen and oxygen atoms in total. The molecule has 4 aromatic rings. The number of carbonyl (C=O) groups excluding carboxylic acids is 1. The Labute approximate surface area is 179 Å². The Bertz CT molecular complexity index is 1190. The summed E-state index contributed by atoms with van der Waals surface area (Å²) in [6.45, 7) is 5.78. The van der Waals surface area contributed by atoms with E-state index in [0.717, 1.165) is 39.5 Å². The lowest BCUT2D eigenvalue weighted by atomic mass is 10.1. The van der Waals surface area contributed by atoms with Gasteiger partial charge in [0.05, 0.1) is 23.5 Å². The van der Waals surface area contributed by atoms with Crippen molar-refractivity contribution in [3.8, 4) is 16.9 Å². The van der Waals surface area contributed by atoms with Crippen LogP contribution in [0.2, 0.25) is 5.02 Å². The van der Waals surface area contributed by atoms with Gasteiger partial charge in [-0.25, -0.2) is 4.68 Å². The molecule has 0 saturated heterocycles. The third kappa shape index (κ3) is 3.84. The summed E-state index contributed by atoms with van der Waals surface area (Å²) in [6.07, 6.45) is 3.65. The van der Waals surface area contributed by atoms with E-state index >= 15 is 0 Å². The molecule has 4 rings (SSSR count). The fourth-order valence-corrected chi connectivity index (χ4v) is 3.55. The van der Waals surface area contributed by atoms with Crippen molar-refractivity contribution < 1.29 is 4.79 Å². The molecule has 0 saturated carbocycles. The predicted octanol–water partition coefficient (Wildman–Crippen LogP) is 4.42. The van der Waals surface area contributed by atoms with E-state index in [1.165, 1.54) is 0 Å². The molecule has 0 atom stereocenters. The number of anilines is 1. The Hall–Kier alpha value is -3.45. The maximum Gasteiger partial charge on any atom is 0.230 e. The molecule has 0 aliphatic heterocycles. The van der Waals surface area contributed by atoms with Gasteiger partial charge in [0.25, 0.3) is 0 Å². The standard InChI is InChI=1S/C22H21ClN6O/c1-13-21(16-8-10-24-11-9-16)26-27-22(13)25-20(30)12-19-14(2)28-29(15(19)3)18-6-4-17(23)5-7-18/h4-11H,12H2,1-3H3,(H2,25,26,27,30). The zero-order valence-corrected chi connectivity index (χ0v) is 17.7. The molecule has 0 fully saturated rings. The van der Waals surface area contributed by atoms with Gasteiger partial charge in [-0.15, -0.1) is 0 Å². The molecule has 3 aromatic heterocycles. The summed E-state index contributed by atoms with van der Waals surface area (Å²) >= 11 is 5.98. The number of amides is 1. The number of rotatable bonds is 5. The molecule has 0 unspecified atom stereocenters. The van der Waals surface area contributed by atoms with E-state index in [1.54, 1.807) is 12.4 Å². The first-order chi connectivity index (χ1) is 14.4. The van der Waals surface area contributed by atoms with Crippen molar-refractivity contribution in [1.29, 1.82) is 0 Å². The SMILES string of the molecule is Cc1nn(-c2ccc(Cl)cc2)c(C)c1CC(=O)Nc1n[nH]c(-c2ccncc2)c1C. The second kappa shape index (κ2) is 8.12. The zero-order valence-electron chi connectivity index (χ0n) is 16.9. The highest BCUT2D eigenvalue weighted by Gasteiger charge is 2.18. The monoisotopic (exact) mass is 420 g/mol. The van der Waals surface area contributed by atoms with E-state index in [9.17, 15) is 4.79 Å². The van der Waals surface area contributed by atoms with Crippen LogP contribution in [0.15, 0.2) is 48.8 Å². The average Bonchev–Trinajstić information content (AvgIpc) is 3.24. The Morgan fingerprint density at radius 3 is 2.50 bits per heavy atom. The molecule has 8 heteroatoms. The number of aromatic amines is 1. The maximum absolute atomic E-state index is 12.7. The van der Waals surface area contributed by atoms with E-state index in [4.69, 9.17) is 11.6 Å². The minimum absolute atomic E-state index is 0.146. The van der Waals surface area contributed by atoms with Gasteiger partial charge in [0.2, 0.25) is 5.91 Å². The van der Waals surface area contributed by atoms with Crippen molar-refractivity contribution in [2.24, 2.45) is 0 Å². The lowest BCUT2D eigenvalue weighted by Gasteiger charge is -2.06. The Morgan fingerprint density at radius 1 is 1.10 bits per heavy atom. The normalized spacial score (nSPS) is 10.9. The Balaban J connectivity index is 1.53. The molecule has 0 spiro atoms. The summed E-state index contributed by atoms with van der Waals surface area (Å²) in [5, 5.41) is 15.4. The number of nitrogens with zero attached hydrogens (tertiary/aromatic N) is 4. The van der Waals surface area contributed by atoms with Crippen LogP contribution >= 0.6 is 11.6 Å². The largest absolute Gasteiger partial charge is 0.309 e. The highest BCUT2D eigenvalue weighted by Crippen LogP contribution is 2.26. The van der Waals surface area contributed by atoms with Gasteiger partial charge in [-0.2, -0.15) is 10.2 Å². The number of H-pyrrole nitrogens is 1. The number of aromatic nitrogens is 5. The molecule has 152 valence electrons. The van der Waals surface area contributed by atoms with Gasteiger partial charge in [0.1, 0.15) is 0 Å². The first kappa shape index (κ1) is 19.8. The van der Waals surface area contributed by atoms with E-state index in [1.807, 2.05) is 61.9 Å². The van der Waals surface area contributed by atoms with Crippen molar-refractivity contribution in [3.05, 3.63) is 76.3 Å². The molecule has 1 amide bonds. The molecule has 2 N–H and O–H groups in total. The quantitative estimate of drug-likeness (QED) is 0.500. The molecule has 30 heavy (non-hydrogen) atoms. The van der Waals surface area contributed by atoms with Crippen molar-refractivity contribution in [1.82, 2.24) is 25.0 Å². The van der Waals surface area contributed by atoms with E-state index in [0.29, 0.717) is 10.8 Å². The number of benzene rings is 1. The zero-order chi connectivity index (χ0) is 21.3. The van der Waals surface area contributed by atoms with Gasteiger partial charge in [0, 0.05) is 39.8 Å². The second-order valence-electron chi connectivity index (χ2n) is 7.07. The van der Waals surface area contributed by atoms with Crippen LogP contribution in [0.3, 0.4) is 0 Å². The predicted molar refractivity (Wildman–Crippen MR) is 117 cm³/mol. The summed E-state index contributed by atoms with van der Waals surface area (Å²) in [6, 6.07) is 11.2. The topological polar surface area (TPSA) is 88.5 Å². The van der Waals surface area contributed by atoms with E-state index < -0.39 is 0 Å². The summed E-state index contributed by atoms with van der Waals surface area (Å²) in [7, 11) is 0. The van der Waals surface area contributed by atoms with Crippen LogP contribution < -0.4 is 5.32 Å². The fourth-order valence-electron chi connectivity index (χ4n) is 3.42. The minimum Gasteiger partial charge on any atom is -0.309 e. The van der Waals surface area contributed by atoms with Gasteiger partial charge in [-0.3, -0.25) is 14.9 Å². The number of aryl methyl sites for hydroxylation is 1. The minimum atomic E-state index is -0.146. The smallest absolute Gasteiger partial charge is 0.230 e. The van der Waals surface area contributed by atoms with Crippen LogP contribution in [0.4, 0.5) is 5.82 Å². The number of pyridine rings is 1. The van der Waals surface area contributed by atoms with Gasteiger partial charge in [-0.1, -0.05) is 11.6 Å². The van der Waals surface area contributed by atoms with Gasteiger partial charge in [-0.05, 0) is 57.2 Å². The van der Waals surface area contributed by atoms with Crippen LogP contribution in [-0.2, 0) is 11.2 Å². The molecule has 0 aliphatic rings. The third-order valence-corrected chi connectivity index (χ3v) is 5.34. The maximum atomic E-state index is 12.7. The lowest BCUT2D eigenvalue weighted by Crippen LogP contribution is -2.16. The second-order valence-corrected chi connectivity index (χ2v) is 7.51. The number of hydrogen-bond acceptors (Lipinski definition) is 4. The number of halogens is 1. The summed E-state index contributed by atoms with van der Waals surface area (Å²) in [5.41, 5.74) is 6.22. The van der Waals surface area contributed by atoms with Crippen LogP contribution in [0.5, 0.6) is 0 Å². The average molecular weight is 421 g/mol. The van der Waals surface area contributed by atoms with Gasteiger partial charge in [0.15, 0.2) is 5.82 Å². The first-order valence-electron chi connectivity index (χ1n) is 9.50. The third-order valence-electron chi connectivity index (χ3n) is 5.09. The molecule has 3 heterocycles. The van der Waals surface area contributed by atoms with Crippen LogP contribution in [-0.4, -0.2) is 30.9 Å². The molecule has 0 bridgehead atoms. The lowest BCUT2D eigenvalue weighted by molar-refractivity contribution is -0.115. The molecule has 1 aromatic carbocycles. The summed E-state index contributed by atoms with van der Waals surface area (Å²) in [4.78, 5) is 16.8. The van der Waals surface area contributed by atoms with E-state index in [-0.39, 0.29) is 12.3 Å². The molecular formula is C22H21ClN6O. The van der Waals surface area contributed by atoms with Crippen LogP contribution in [0.1, 0.15) is 22.5 Å². The van der Waals surface area contributed by atoms with Crippen LogP contribution in [0.25, 0.3) is 16.9 Å². The number of nitrogens with one attached hydrogen (secondary N) is 2. The van der Waals surface area contributed by atoms with Crippen molar-refractivity contribution in [3.63, 3.8) is 0 Å². The molecule has 0 radical (unpaired) electrons. The highest BCUT2D eigenvalue weighted by atomic mass is 35.5. The van der Waals surface area contributed by atoms with Crippen molar-refractivity contribution in [2.45, 2.75) is 27.2 Å². The molecule has 0 aliphatic carbocycles. The first-order valence-corrected chi connectivity index (χ1v) is 9.88. The molecular weight excluding hydrogens is 400 g/mol.